The number of piperidine rings is 1. The molecule has 0 bridgehead atoms. The van der Waals surface area contributed by atoms with E-state index >= 15 is 0 Å². The highest BCUT2D eigenvalue weighted by molar-refractivity contribution is 6.31. The summed E-state index contributed by atoms with van der Waals surface area (Å²) in [6.07, 6.45) is 1.92. The predicted octanol–water partition coefficient (Wildman–Crippen LogP) is 2.54. The SMILES string of the molecule is O.O=c1[nH]c2ccccc2n1CCC[N+]1([O-])CCC(n2c(=O)[nH]c3cc(Cl)ccc32)CC1. The zero-order chi connectivity index (χ0) is 21.6. The molecule has 2 aromatic heterocycles. The summed E-state index contributed by atoms with van der Waals surface area (Å²) in [6.45, 7) is 1.88. The number of nitrogens with one attached hydrogen (secondary N) is 2. The fraction of sp³-hybridized carbons (Fsp3) is 0.364. The first-order valence-corrected chi connectivity index (χ1v) is 11.0. The molecule has 4 aromatic rings. The maximum Gasteiger partial charge on any atom is 0.326 e. The standard InChI is InChI=1S/C22H24ClN5O3.H2O/c23-15-6-7-20-18(14-15)25-22(30)27(20)16-8-12-28(31,13-9-16)11-3-10-26-19-5-2-1-4-17(19)24-21(26)29;/h1-2,4-7,14,16H,3,8-13H2,(H,24,29)(H,25,30);1H2. The Morgan fingerprint density at radius 1 is 1.00 bits per heavy atom. The predicted molar refractivity (Wildman–Crippen MR) is 125 cm³/mol. The molecule has 0 radical (unpaired) electrons. The van der Waals surface area contributed by atoms with E-state index in [1.54, 1.807) is 21.3 Å². The van der Waals surface area contributed by atoms with Crippen LogP contribution in [0.1, 0.15) is 25.3 Å². The van der Waals surface area contributed by atoms with Gasteiger partial charge in [-0.2, -0.15) is 0 Å². The lowest BCUT2D eigenvalue weighted by molar-refractivity contribution is -0.886. The van der Waals surface area contributed by atoms with Crippen molar-refractivity contribution in [2.24, 2.45) is 0 Å². The molecule has 1 fully saturated rings. The van der Waals surface area contributed by atoms with E-state index in [-0.39, 0.29) is 27.5 Å². The molecule has 0 amide bonds. The van der Waals surface area contributed by atoms with Crippen molar-refractivity contribution in [3.63, 3.8) is 0 Å². The molecule has 32 heavy (non-hydrogen) atoms. The van der Waals surface area contributed by atoms with Gasteiger partial charge < -0.3 is 25.3 Å². The van der Waals surface area contributed by atoms with Crippen LogP contribution in [-0.4, -0.2) is 48.9 Å². The Balaban J connectivity index is 0.00000245. The summed E-state index contributed by atoms with van der Waals surface area (Å²) in [5.74, 6) is 0. The highest BCUT2D eigenvalue weighted by Gasteiger charge is 2.29. The van der Waals surface area contributed by atoms with Crippen molar-refractivity contribution in [3.8, 4) is 0 Å². The Morgan fingerprint density at radius 2 is 1.72 bits per heavy atom. The first-order valence-electron chi connectivity index (χ1n) is 10.6. The molecular weight excluding hydrogens is 434 g/mol. The van der Waals surface area contributed by atoms with Gasteiger partial charge in [0.25, 0.3) is 0 Å². The molecule has 0 atom stereocenters. The zero-order valence-corrected chi connectivity index (χ0v) is 18.3. The van der Waals surface area contributed by atoms with Gasteiger partial charge >= 0.3 is 11.4 Å². The molecule has 0 spiro atoms. The van der Waals surface area contributed by atoms with E-state index in [1.807, 2.05) is 30.3 Å². The monoisotopic (exact) mass is 459 g/mol. The summed E-state index contributed by atoms with van der Waals surface area (Å²) < 4.78 is 3.18. The Labute approximate surface area is 188 Å². The third kappa shape index (κ3) is 4.00. The first-order chi connectivity index (χ1) is 14.9. The number of likely N-dealkylation sites (tertiary alicyclic amines) is 1. The van der Waals surface area contributed by atoms with Gasteiger partial charge in [0.2, 0.25) is 0 Å². The maximum absolute atomic E-state index is 13.2. The summed E-state index contributed by atoms with van der Waals surface area (Å²) in [7, 11) is 0. The van der Waals surface area contributed by atoms with Crippen molar-refractivity contribution in [2.45, 2.75) is 31.8 Å². The highest BCUT2D eigenvalue weighted by Crippen LogP contribution is 2.29. The van der Waals surface area contributed by atoms with E-state index in [9.17, 15) is 14.8 Å². The van der Waals surface area contributed by atoms with Crippen LogP contribution in [0.5, 0.6) is 0 Å². The van der Waals surface area contributed by atoms with Crippen molar-refractivity contribution in [2.75, 3.05) is 19.6 Å². The molecule has 0 aliphatic carbocycles. The molecule has 3 heterocycles. The van der Waals surface area contributed by atoms with Crippen LogP contribution in [0.4, 0.5) is 0 Å². The highest BCUT2D eigenvalue weighted by atomic mass is 35.5. The van der Waals surface area contributed by atoms with Crippen molar-refractivity contribution in [3.05, 3.63) is 73.7 Å². The van der Waals surface area contributed by atoms with E-state index in [1.165, 1.54) is 0 Å². The molecule has 1 aliphatic heterocycles. The molecule has 0 unspecified atom stereocenters. The van der Waals surface area contributed by atoms with Gasteiger partial charge in [-0.25, -0.2) is 9.59 Å². The topological polar surface area (TPSA) is 130 Å². The number of aryl methyl sites for hydroxylation is 1. The second kappa shape index (κ2) is 8.59. The molecule has 0 saturated carbocycles. The van der Waals surface area contributed by atoms with Crippen LogP contribution in [0.15, 0.2) is 52.1 Å². The zero-order valence-electron chi connectivity index (χ0n) is 17.5. The Hall–Kier alpha value is -2.85. The van der Waals surface area contributed by atoms with Gasteiger partial charge in [0.05, 0.1) is 41.7 Å². The number of para-hydroxylation sites is 2. The normalized spacial score (nSPS) is 21.1. The number of fused-ring (bicyclic) bond motifs is 2. The number of aromatic nitrogens is 4. The molecule has 10 heteroatoms. The minimum Gasteiger partial charge on any atom is -0.633 e. The number of rotatable bonds is 5. The number of hydrogen-bond donors (Lipinski definition) is 2. The Morgan fingerprint density at radius 3 is 2.50 bits per heavy atom. The number of quaternary nitrogens is 1. The van der Waals surface area contributed by atoms with Gasteiger partial charge in [-0.15, -0.1) is 0 Å². The summed E-state index contributed by atoms with van der Waals surface area (Å²) in [6, 6.07) is 12.9. The van der Waals surface area contributed by atoms with Crippen LogP contribution >= 0.6 is 11.6 Å². The molecule has 1 saturated heterocycles. The lowest BCUT2D eigenvalue weighted by atomic mass is 10.0. The average molecular weight is 460 g/mol. The van der Waals surface area contributed by atoms with Crippen molar-refractivity contribution in [1.29, 1.82) is 0 Å². The molecule has 9 nitrogen and oxygen atoms in total. The van der Waals surface area contributed by atoms with Crippen LogP contribution in [0.25, 0.3) is 22.1 Å². The van der Waals surface area contributed by atoms with Crippen molar-refractivity contribution >= 4 is 33.7 Å². The van der Waals surface area contributed by atoms with Gasteiger partial charge in [0.1, 0.15) is 0 Å². The third-order valence-electron chi connectivity index (χ3n) is 6.41. The number of halogens is 1. The number of imidazole rings is 2. The van der Waals surface area contributed by atoms with Gasteiger partial charge in [0, 0.05) is 36.9 Å². The van der Waals surface area contributed by atoms with E-state index < -0.39 is 0 Å². The maximum atomic E-state index is 13.2. The van der Waals surface area contributed by atoms with Gasteiger partial charge in [-0.05, 0) is 30.3 Å². The first kappa shape index (κ1) is 22.3. The minimum absolute atomic E-state index is 0. The van der Waals surface area contributed by atoms with Crippen LogP contribution < -0.4 is 11.4 Å². The average Bonchev–Trinajstić information content (AvgIpc) is 3.24. The smallest absolute Gasteiger partial charge is 0.326 e. The Bertz CT molecular complexity index is 1360. The number of benzene rings is 2. The Kier molecular flexibility index (Phi) is 6.00. The van der Waals surface area contributed by atoms with E-state index in [0.717, 1.165) is 22.1 Å². The van der Waals surface area contributed by atoms with E-state index in [0.29, 0.717) is 50.5 Å². The van der Waals surface area contributed by atoms with Gasteiger partial charge in [0.15, 0.2) is 0 Å². The number of hydroxylamine groups is 3. The summed E-state index contributed by atoms with van der Waals surface area (Å²) in [4.78, 5) is 30.4. The number of H-pyrrole nitrogens is 2. The number of hydrogen-bond acceptors (Lipinski definition) is 3. The largest absolute Gasteiger partial charge is 0.633 e. The van der Waals surface area contributed by atoms with Crippen LogP contribution in [0.2, 0.25) is 5.02 Å². The second-order valence-electron chi connectivity index (χ2n) is 8.37. The third-order valence-corrected chi connectivity index (χ3v) is 6.65. The fourth-order valence-corrected chi connectivity index (χ4v) is 4.99. The number of nitrogens with zero attached hydrogens (tertiary/aromatic N) is 3. The quantitative estimate of drug-likeness (QED) is 0.351. The van der Waals surface area contributed by atoms with Crippen LogP contribution in [0.3, 0.4) is 0 Å². The lowest BCUT2D eigenvalue weighted by Gasteiger charge is -2.47. The van der Waals surface area contributed by atoms with Crippen molar-refractivity contribution < 1.29 is 10.1 Å². The second-order valence-corrected chi connectivity index (χ2v) is 8.81. The fourth-order valence-electron chi connectivity index (χ4n) is 4.82. The number of aromatic amines is 2. The molecule has 2 aromatic carbocycles. The van der Waals surface area contributed by atoms with Gasteiger partial charge in [-0.1, -0.05) is 23.7 Å². The minimum atomic E-state index is -0.281. The molecular formula is C22H26ClN5O4. The summed E-state index contributed by atoms with van der Waals surface area (Å²) >= 11 is 6.03. The van der Waals surface area contributed by atoms with Gasteiger partial charge in [-0.3, -0.25) is 9.13 Å². The lowest BCUT2D eigenvalue weighted by Crippen LogP contribution is -2.49. The molecule has 5 rings (SSSR count). The van der Waals surface area contributed by atoms with E-state index in [4.69, 9.17) is 11.6 Å². The molecule has 170 valence electrons. The summed E-state index contributed by atoms with van der Waals surface area (Å²) in [5, 5.41) is 13.8. The van der Waals surface area contributed by atoms with Crippen LogP contribution in [-0.2, 0) is 6.54 Å². The summed E-state index contributed by atoms with van der Waals surface area (Å²) in [5.41, 5.74) is 2.91. The van der Waals surface area contributed by atoms with Crippen molar-refractivity contribution in [1.82, 2.24) is 19.1 Å². The molecule has 4 N–H and O–H groups in total. The van der Waals surface area contributed by atoms with E-state index in [2.05, 4.69) is 9.97 Å². The molecule has 1 aliphatic rings. The van der Waals surface area contributed by atoms with Crippen LogP contribution in [0, 0.1) is 5.21 Å².